The normalized spacial score (nSPS) is 15.0. The molecule has 0 heterocycles. The van der Waals surface area contributed by atoms with E-state index in [-0.39, 0.29) is 0 Å². The molecule has 1 aromatic rings. The molecule has 0 amide bonds. The summed E-state index contributed by atoms with van der Waals surface area (Å²) in [7, 11) is 0. The Labute approximate surface area is 91.1 Å². The van der Waals surface area contributed by atoms with Gasteiger partial charge in [0.2, 0.25) is 0 Å². The van der Waals surface area contributed by atoms with Crippen LogP contribution in [0, 0.1) is 0 Å². The Hall–Kier alpha value is -1.02. The van der Waals surface area contributed by atoms with Crippen LogP contribution in [0.3, 0.4) is 0 Å². The van der Waals surface area contributed by atoms with Gasteiger partial charge in [0.15, 0.2) is 0 Å². The average Bonchev–Trinajstić information content (AvgIpc) is 2.28. The molecule has 0 atom stereocenters. The zero-order valence-corrected chi connectivity index (χ0v) is 9.13. The first-order chi connectivity index (χ1) is 7.33. The molecule has 2 nitrogen and oxygen atoms in total. The molecule has 0 saturated carbocycles. The lowest BCUT2D eigenvalue weighted by Crippen LogP contribution is -2.08. The Balaban J connectivity index is 2.32. The number of phenols is 1. The van der Waals surface area contributed by atoms with Gasteiger partial charge >= 0.3 is 0 Å². The van der Waals surface area contributed by atoms with Crippen LogP contribution in [-0.2, 0) is 19.3 Å². The maximum absolute atomic E-state index is 9.85. The number of rotatable bonds is 3. The Morgan fingerprint density at radius 3 is 2.80 bits per heavy atom. The molecule has 82 valence electrons. The summed E-state index contributed by atoms with van der Waals surface area (Å²) in [5.41, 5.74) is 9.51. The van der Waals surface area contributed by atoms with Gasteiger partial charge in [0.25, 0.3) is 0 Å². The molecule has 2 rings (SSSR count). The van der Waals surface area contributed by atoms with Crippen LogP contribution in [0.5, 0.6) is 5.75 Å². The minimum Gasteiger partial charge on any atom is -0.508 e. The average molecular weight is 205 g/mol. The number of nitrogens with two attached hydrogens (primary N) is 1. The van der Waals surface area contributed by atoms with Crippen molar-refractivity contribution in [3.8, 4) is 5.75 Å². The molecule has 3 N–H and O–H groups in total. The highest BCUT2D eigenvalue weighted by Crippen LogP contribution is 2.31. The Morgan fingerprint density at radius 1 is 1.20 bits per heavy atom. The third-order valence-corrected chi connectivity index (χ3v) is 3.26. The van der Waals surface area contributed by atoms with Crippen LogP contribution in [0.2, 0.25) is 0 Å². The fraction of sp³-hybridized carbons (Fsp3) is 0.538. The van der Waals surface area contributed by atoms with E-state index in [1.807, 2.05) is 6.07 Å². The molecule has 0 spiro atoms. The fourth-order valence-corrected chi connectivity index (χ4v) is 2.45. The van der Waals surface area contributed by atoms with Crippen LogP contribution in [0.4, 0.5) is 0 Å². The maximum Gasteiger partial charge on any atom is 0.119 e. The molecular formula is C13H19NO. The van der Waals surface area contributed by atoms with Crippen molar-refractivity contribution in [1.29, 1.82) is 0 Å². The fourth-order valence-electron chi connectivity index (χ4n) is 2.45. The number of fused-ring (bicyclic) bond motifs is 1. The van der Waals surface area contributed by atoms with Gasteiger partial charge < -0.3 is 10.8 Å². The molecule has 0 unspecified atom stereocenters. The van der Waals surface area contributed by atoms with Crippen molar-refractivity contribution in [2.45, 2.75) is 38.5 Å². The molecule has 1 aromatic carbocycles. The van der Waals surface area contributed by atoms with Crippen molar-refractivity contribution in [2.24, 2.45) is 5.73 Å². The van der Waals surface area contributed by atoms with E-state index in [0.717, 1.165) is 24.8 Å². The zero-order valence-electron chi connectivity index (χ0n) is 9.13. The van der Waals surface area contributed by atoms with E-state index in [4.69, 9.17) is 5.73 Å². The monoisotopic (exact) mass is 205 g/mol. The standard InChI is InChI=1S/C13H19NO/c14-9-3-6-12-11-5-2-1-4-10(11)7-8-13(12)15/h7-8,15H,1-6,9,14H2. The van der Waals surface area contributed by atoms with Gasteiger partial charge in [-0.25, -0.2) is 0 Å². The molecule has 0 saturated heterocycles. The van der Waals surface area contributed by atoms with Crippen LogP contribution >= 0.6 is 0 Å². The van der Waals surface area contributed by atoms with Crippen molar-refractivity contribution >= 4 is 0 Å². The topological polar surface area (TPSA) is 46.2 Å². The smallest absolute Gasteiger partial charge is 0.119 e. The second-order valence-electron chi connectivity index (χ2n) is 4.30. The highest BCUT2D eigenvalue weighted by molar-refractivity contribution is 5.45. The predicted octanol–water partition coefficient (Wildman–Crippen LogP) is 2.16. The summed E-state index contributed by atoms with van der Waals surface area (Å²) in [6, 6.07) is 3.92. The Morgan fingerprint density at radius 2 is 2.00 bits per heavy atom. The van der Waals surface area contributed by atoms with Gasteiger partial charge in [0, 0.05) is 0 Å². The number of hydrogen-bond acceptors (Lipinski definition) is 2. The van der Waals surface area contributed by atoms with E-state index >= 15 is 0 Å². The van der Waals surface area contributed by atoms with Gasteiger partial charge in [0.1, 0.15) is 5.75 Å². The van der Waals surface area contributed by atoms with Gasteiger partial charge in [-0.2, -0.15) is 0 Å². The Kier molecular flexibility index (Phi) is 3.27. The lowest BCUT2D eigenvalue weighted by atomic mass is 9.86. The molecule has 0 fully saturated rings. The third-order valence-electron chi connectivity index (χ3n) is 3.26. The molecule has 0 aliphatic heterocycles. The third kappa shape index (κ3) is 2.15. The summed E-state index contributed by atoms with van der Waals surface area (Å²) in [4.78, 5) is 0. The number of phenolic OH excluding ortho intramolecular Hbond substituents is 1. The highest BCUT2D eigenvalue weighted by Gasteiger charge is 2.15. The molecule has 0 radical (unpaired) electrons. The minimum absolute atomic E-state index is 0.462. The zero-order chi connectivity index (χ0) is 10.7. The number of benzene rings is 1. The number of hydrogen-bond donors (Lipinski definition) is 2. The first kappa shape index (κ1) is 10.5. The van der Waals surface area contributed by atoms with E-state index in [1.165, 1.54) is 30.4 Å². The van der Waals surface area contributed by atoms with Crippen molar-refractivity contribution in [1.82, 2.24) is 0 Å². The first-order valence-electron chi connectivity index (χ1n) is 5.85. The summed E-state index contributed by atoms with van der Waals surface area (Å²) in [6.45, 7) is 0.698. The van der Waals surface area contributed by atoms with Crippen molar-refractivity contribution in [2.75, 3.05) is 6.54 Å². The molecule has 1 aliphatic carbocycles. The van der Waals surface area contributed by atoms with Gasteiger partial charge in [-0.3, -0.25) is 0 Å². The summed E-state index contributed by atoms with van der Waals surface area (Å²) in [5, 5.41) is 9.85. The van der Waals surface area contributed by atoms with Crippen LogP contribution in [0.1, 0.15) is 36.0 Å². The summed E-state index contributed by atoms with van der Waals surface area (Å²) >= 11 is 0. The van der Waals surface area contributed by atoms with Crippen LogP contribution in [0.25, 0.3) is 0 Å². The number of aryl methyl sites for hydroxylation is 1. The van der Waals surface area contributed by atoms with Crippen molar-refractivity contribution in [3.63, 3.8) is 0 Å². The van der Waals surface area contributed by atoms with E-state index in [0.29, 0.717) is 12.3 Å². The van der Waals surface area contributed by atoms with E-state index in [1.54, 1.807) is 0 Å². The molecule has 0 bridgehead atoms. The van der Waals surface area contributed by atoms with E-state index in [9.17, 15) is 5.11 Å². The van der Waals surface area contributed by atoms with E-state index in [2.05, 4.69) is 6.07 Å². The van der Waals surface area contributed by atoms with Crippen molar-refractivity contribution < 1.29 is 5.11 Å². The van der Waals surface area contributed by atoms with Crippen LogP contribution < -0.4 is 5.73 Å². The molecule has 15 heavy (non-hydrogen) atoms. The lowest BCUT2D eigenvalue weighted by Gasteiger charge is -2.20. The second-order valence-corrected chi connectivity index (χ2v) is 4.30. The summed E-state index contributed by atoms with van der Waals surface area (Å²) < 4.78 is 0. The first-order valence-corrected chi connectivity index (χ1v) is 5.85. The second kappa shape index (κ2) is 4.67. The van der Waals surface area contributed by atoms with E-state index < -0.39 is 0 Å². The Bertz CT molecular complexity index is 347. The van der Waals surface area contributed by atoms with Gasteiger partial charge in [0.05, 0.1) is 0 Å². The maximum atomic E-state index is 9.85. The van der Waals surface area contributed by atoms with Gasteiger partial charge in [-0.05, 0) is 67.8 Å². The summed E-state index contributed by atoms with van der Waals surface area (Å²) in [6.07, 6.45) is 6.73. The predicted molar refractivity (Wildman–Crippen MR) is 62.1 cm³/mol. The highest BCUT2D eigenvalue weighted by atomic mass is 16.3. The van der Waals surface area contributed by atoms with Crippen molar-refractivity contribution in [3.05, 3.63) is 28.8 Å². The SMILES string of the molecule is NCCCc1c(O)ccc2c1CCCC2. The van der Waals surface area contributed by atoms with Gasteiger partial charge in [-0.1, -0.05) is 6.07 Å². The van der Waals surface area contributed by atoms with Crippen LogP contribution in [0.15, 0.2) is 12.1 Å². The minimum atomic E-state index is 0.462. The van der Waals surface area contributed by atoms with Gasteiger partial charge in [-0.15, -0.1) is 0 Å². The lowest BCUT2D eigenvalue weighted by molar-refractivity contribution is 0.464. The molecular weight excluding hydrogens is 186 g/mol. The molecule has 0 aromatic heterocycles. The largest absolute Gasteiger partial charge is 0.508 e. The summed E-state index contributed by atoms with van der Waals surface area (Å²) in [5.74, 6) is 0.462. The molecule has 1 aliphatic rings. The quantitative estimate of drug-likeness (QED) is 0.794. The van der Waals surface area contributed by atoms with Crippen LogP contribution in [-0.4, -0.2) is 11.7 Å². The number of aromatic hydroxyl groups is 1. The molecule has 2 heteroatoms.